The number of aliphatic hydroxyl groups is 1. The number of nitrogens with zero attached hydrogens (tertiary/aromatic N) is 1. The second-order valence-corrected chi connectivity index (χ2v) is 4.11. The Bertz CT molecular complexity index is 450. The average Bonchev–Trinajstić information content (AvgIpc) is 2.36. The van der Waals surface area contributed by atoms with Crippen molar-refractivity contribution in [3.63, 3.8) is 0 Å². The Morgan fingerprint density at radius 2 is 2.16 bits per heavy atom. The number of para-hydroxylation sites is 2. The summed E-state index contributed by atoms with van der Waals surface area (Å²) in [5.74, 6) is -0.279. The van der Waals surface area contributed by atoms with Crippen LogP contribution in [-0.4, -0.2) is 35.1 Å². The SMILES string of the molecule is CC(CCO)NC(=O)CNc1ccccc1[N+](=O)[O-]. The minimum atomic E-state index is -0.505. The summed E-state index contributed by atoms with van der Waals surface area (Å²) in [6, 6.07) is 6.00. The number of rotatable bonds is 7. The molecule has 0 fully saturated rings. The number of hydrogen-bond donors (Lipinski definition) is 3. The molecule has 1 aromatic rings. The van der Waals surface area contributed by atoms with Gasteiger partial charge in [0.25, 0.3) is 5.69 Å². The zero-order valence-electron chi connectivity index (χ0n) is 10.6. The molecule has 0 aliphatic heterocycles. The molecule has 3 N–H and O–H groups in total. The van der Waals surface area contributed by atoms with Crippen LogP contribution in [0.4, 0.5) is 11.4 Å². The molecule has 1 rings (SSSR count). The van der Waals surface area contributed by atoms with Crippen molar-refractivity contribution >= 4 is 17.3 Å². The van der Waals surface area contributed by atoms with E-state index < -0.39 is 4.92 Å². The summed E-state index contributed by atoms with van der Waals surface area (Å²) >= 11 is 0. The third kappa shape index (κ3) is 4.92. The Balaban J connectivity index is 2.53. The van der Waals surface area contributed by atoms with Crippen molar-refractivity contribution in [2.75, 3.05) is 18.5 Å². The van der Waals surface area contributed by atoms with Crippen LogP contribution in [0, 0.1) is 10.1 Å². The van der Waals surface area contributed by atoms with Crippen LogP contribution in [0.5, 0.6) is 0 Å². The lowest BCUT2D eigenvalue weighted by Crippen LogP contribution is -2.37. The van der Waals surface area contributed by atoms with Gasteiger partial charge >= 0.3 is 0 Å². The number of carbonyl (C=O) groups is 1. The minimum Gasteiger partial charge on any atom is -0.396 e. The van der Waals surface area contributed by atoms with E-state index in [2.05, 4.69) is 10.6 Å². The first-order valence-electron chi connectivity index (χ1n) is 5.92. The normalized spacial score (nSPS) is 11.7. The van der Waals surface area contributed by atoms with E-state index in [0.29, 0.717) is 12.1 Å². The maximum atomic E-state index is 11.6. The van der Waals surface area contributed by atoms with E-state index in [1.165, 1.54) is 6.07 Å². The van der Waals surface area contributed by atoms with Crippen LogP contribution in [0.25, 0.3) is 0 Å². The Labute approximate surface area is 110 Å². The molecule has 0 aromatic heterocycles. The van der Waals surface area contributed by atoms with Crippen molar-refractivity contribution in [1.29, 1.82) is 0 Å². The third-order valence-electron chi connectivity index (χ3n) is 2.51. The Morgan fingerprint density at radius 3 is 2.79 bits per heavy atom. The Kier molecular flexibility index (Phi) is 5.74. The van der Waals surface area contributed by atoms with Crippen LogP contribution in [0.2, 0.25) is 0 Å². The number of nitro benzene ring substituents is 1. The molecule has 1 atom stereocenters. The van der Waals surface area contributed by atoms with Crippen LogP contribution in [0.1, 0.15) is 13.3 Å². The van der Waals surface area contributed by atoms with E-state index in [4.69, 9.17) is 5.11 Å². The van der Waals surface area contributed by atoms with Crippen molar-refractivity contribution in [2.24, 2.45) is 0 Å². The minimum absolute atomic E-state index is 0.000960. The van der Waals surface area contributed by atoms with E-state index in [1.54, 1.807) is 25.1 Å². The Hall–Kier alpha value is -2.15. The first-order chi connectivity index (χ1) is 9.04. The summed E-state index contributed by atoms with van der Waals surface area (Å²) in [4.78, 5) is 21.8. The number of nitrogens with one attached hydrogen (secondary N) is 2. The first-order valence-corrected chi connectivity index (χ1v) is 5.92. The van der Waals surface area contributed by atoms with Crippen molar-refractivity contribution in [3.8, 4) is 0 Å². The molecule has 0 aliphatic carbocycles. The zero-order valence-corrected chi connectivity index (χ0v) is 10.6. The molecule has 104 valence electrons. The van der Waals surface area contributed by atoms with Crippen molar-refractivity contribution < 1.29 is 14.8 Å². The molecule has 0 heterocycles. The number of hydrogen-bond acceptors (Lipinski definition) is 5. The van der Waals surface area contributed by atoms with Gasteiger partial charge in [0.15, 0.2) is 0 Å². The summed E-state index contributed by atoms with van der Waals surface area (Å²) in [7, 11) is 0. The van der Waals surface area contributed by atoms with Gasteiger partial charge in [-0.05, 0) is 19.4 Å². The molecule has 7 nitrogen and oxygen atoms in total. The monoisotopic (exact) mass is 267 g/mol. The number of aliphatic hydroxyl groups excluding tert-OH is 1. The second kappa shape index (κ2) is 7.32. The van der Waals surface area contributed by atoms with Crippen LogP contribution in [-0.2, 0) is 4.79 Å². The lowest BCUT2D eigenvalue weighted by atomic mass is 10.2. The fourth-order valence-corrected chi connectivity index (χ4v) is 1.55. The second-order valence-electron chi connectivity index (χ2n) is 4.11. The van der Waals surface area contributed by atoms with Crippen LogP contribution in [0.3, 0.4) is 0 Å². The van der Waals surface area contributed by atoms with Gasteiger partial charge in [0.1, 0.15) is 5.69 Å². The summed E-state index contributed by atoms with van der Waals surface area (Å²) in [6.07, 6.45) is 0.469. The van der Waals surface area contributed by atoms with E-state index in [-0.39, 0.29) is 30.8 Å². The summed E-state index contributed by atoms with van der Waals surface area (Å²) < 4.78 is 0. The lowest BCUT2D eigenvalue weighted by Gasteiger charge is -2.13. The van der Waals surface area contributed by atoms with E-state index in [9.17, 15) is 14.9 Å². The van der Waals surface area contributed by atoms with E-state index in [1.807, 2.05) is 0 Å². The van der Waals surface area contributed by atoms with E-state index in [0.717, 1.165) is 0 Å². The van der Waals surface area contributed by atoms with Gasteiger partial charge in [0.2, 0.25) is 5.91 Å². The molecule has 1 amide bonds. The molecular weight excluding hydrogens is 250 g/mol. The maximum absolute atomic E-state index is 11.6. The molecular formula is C12H17N3O4. The van der Waals surface area contributed by atoms with Crippen molar-refractivity contribution in [3.05, 3.63) is 34.4 Å². The zero-order chi connectivity index (χ0) is 14.3. The van der Waals surface area contributed by atoms with Gasteiger partial charge in [-0.25, -0.2) is 0 Å². The molecule has 1 aromatic carbocycles. The fourth-order valence-electron chi connectivity index (χ4n) is 1.55. The highest BCUT2D eigenvalue weighted by molar-refractivity contribution is 5.81. The molecule has 19 heavy (non-hydrogen) atoms. The molecule has 0 aliphatic rings. The molecule has 1 unspecified atom stereocenters. The highest BCUT2D eigenvalue weighted by Gasteiger charge is 2.13. The van der Waals surface area contributed by atoms with Crippen molar-refractivity contribution in [2.45, 2.75) is 19.4 Å². The van der Waals surface area contributed by atoms with Gasteiger partial charge in [-0.1, -0.05) is 12.1 Å². The molecule has 0 bridgehead atoms. The number of amides is 1. The topological polar surface area (TPSA) is 104 Å². The van der Waals surface area contributed by atoms with Gasteiger partial charge in [0, 0.05) is 18.7 Å². The summed E-state index contributed by atoms with van der Waals surface area (Å²) in [5.41, 5.74) is 0.233. The third-order valence-corrected chi connectivity index (χ3v) is 2.51. The fraction of sp³-hybridized carbons (Fsp3) is 0.417. The standard InChI is InChI=1S/C12H17N3O4/c1-9(6-7-16)14-12(17)8-13-10-4-2-3-5-11(10)15(18)19/h2-5,9,13,16H,6-8H2,1H3,(H,14,17). The quantitative estimate of drug-likeness (QED) is 0.503. The summed E-state index contributed by atoms with van der Waals surface area (Å²) in [5, 5.41) is 24.9. The van der Waals surface area contributed by atoms with Crippen LogP contribution < -0.4 is 10.6 Å². The predicted molar refractivity (Wildman–Crippen MR) is 70.9 cm³/mol. The van der Waals surface area contributed by atoms with Gasteiger partial charge in [-0.2, -0.15) is 0 Å². The van der Waals surface area contributed by atoms with E-state index >= 15 is 0 Å². The van der Waals surface area contributed by atoms with Gasteiger partial charge in [0.05, 0.1) is 11.5 Å². The number of anilines is 1. The smallest absolute Gasteiger partial charge is 0.292 e. The van der Waals surface area contributed by atoms with Crippen molar-refractivity contribution in [1.82, 2.24) is 5.32 Å². The van der Waals surface area contributed by atoms with Gasteiger partial charge in [-0.15, -0.1) is 0 Å². The van der Waals surface area contributed by atoms with Gasteiger partial charge in [-0.3, -0.25) is 14.9 Å². The highest BCUT2D eigenvalue weighted by atomic mass is 16.6. The molecule has 0 spiro atoms. The molecule has 0 saturated heterocycles. The summed E-state index contributed by atoms with van der Waals surface area (Å²) in [6.45, 7) is 1.72. The Morgan fingerprint density at radius 1 is 1.47 bits per heavy atom. The largest absolute Gasteiger partial charge is 0.396 e. The molecule has 0 saturated carbocycles. The lowest BCUT2D eigenvalue weighted by molar-refractivity contribution is -0.383. The average molecular weight is 267 g/mol. The number of benzene rings is 1. The number of carbonyl (C=O) groups excluding carboxylic acids is 1. The molecule has 7 heteroatoms. The van der Waals surface area contributed by atoms with Gasteiger partial charge < -0.3 is 15.7 Å². The van der Waals surface area contributed by atoms with Crippen LogP contribution in [0.15, 0.2) is 24.3 Å². The first kappa shape index (κ1) is 14.9. The predicted octanol–water partition coefficient (Wildman–Crippen LogP) is 0.894. The van der Waals surface area contributed by atoms with Crippen LogP contribution >= 0.6 is 0 Å². The molecule has 0 radical (unpaired) electrons. The maximum Gasteiger partial charge on any atom is 0.292 e. The highest BCUT2D eigenvalue weighted by Crippen LogP contribution is 2.22. The number of nitro groups is 1.